The summed E-state index contributed by atoms with van der Waals surface area (Å²) in [5.41, 5.74) is 16.2. The maximum atomic E-state index is 11.3. The zero-order chi connectivity index (χ0) is 72.1. The van der Waals surface area contributed by atoms with Crippen LogP contribution in [0.2, 0.25) is 0 Å². The summed E-state index contributed by atoms with van der Waals surface area (Å²) in [6.07, 6.45) is 11.0. The number of fused-ring (bicyclic) bond motifs is 6. The van der Waals surface area contributed by atoms with Crippen LogP contribution in [0.3, 0.4) is 0 Å². The van der Waals surface area contributed by atoms with E-state index in [0.717, 1.165) is 129 Å². The molecule has 2 N–H and O–H groups in total. The lowest BCUT2D eigenvalue weighted by Crippen LogP contribution is -2.34. The summed E-state index contributed by atoms with van der Waals surface area (Å²) in [6, 6.07) is 118. The lowest BCUT2D eigenvalue weighted by atomic mass is 9.82. The monoisotopic (exact) mass is 1360 g/mol. The van der Waals surface area contributed by atoms with Crippen molar-refractivity contribution in [3.05, 3.63) is 413 Å². The Bertz CT molecular complexity index is 5570. The quantitative estimate of drug-likeness (QED) is 0.0415. The third-order valence-corrected chi connectivity index (χ3v) is 18.6. The Morgan fingerprint density at radius 2 is 0.743 bits per heavy atom. The molecule has 2 aliphatic rings. The topological polar surface area (TPSA) is 145 Å². The normalized spacial score (nSPS) is 14.5. The predicted octanol–water partition coefficient (Wildman–Crippen LogP) is 22.4. The summed E-state index contributed by atoms with van der Waals surface area (Å²) < 4.78 is 14.1. The molecule has 0 spiro atoms. The average molecular weight is 1360 g/mol. The highest BCUT2D eigenvalue weighted by molar-refractivity contribution is 5.99. The van der Waals surface area contributed by atoms with E-state index in [-0.39, 0.29) is 5.57 Å². The first kappa shape index (κ1) is 67.8. The fourth-order valence-corrected chi connectivity index (χ4v) is 13.5. The lowest BCUT2D eigenvalue weighted by Gasteiger charge is -2.36. The number of carbonyl (C=O) groups excluding carboxylic acids is 1. The van der Waals surface area contributed by atoms with Gasteiger partial charge in [0.15, 0.2) is 11.2 Å². The predicted molar refractivity (Wildman–Crippen MR) is 421 cm³/mol. The highest BCUT2D eigenvalue weighted by atomic mass is 16.5. The molecular formula is C94H66N4O7. The van der Waals surface area contributed by atoms with E-state index in [1.807, 2.05) is 97.1 Å². The minimum absolute atomic E-state index is 0.305. The van der Waals surface area contributed by atoms with Crippen molar-refractivity contribution in [1.29, 1.82) is 5.26 Å². The third kappa shape index (κ3) is 14.4. The van der Waals surface area contributed by atoms with Gasteiger partial charge in [0.2, 0.25) is 0 Å². The molecule has 0 aliphatic carbocycles. The number of anilines is 6. The van der Waals surface area contributed by atoms with Crippen LogP contribution < -0.4 is 19.3 Å². The van der Waals surface area contributed by atoms with E-state index in [1.165, 1.54) is 6.08 Å². The SMILES string of the molecule is N#C/C(=C/c1ccc(-c2ccc(C3(c4ccccc4)C=Cc4c(ccc5cc(N(c6ccccc6)c6ccccc6)ccc45)O3)cc2)cc1)C(=O)O.O=Cc1ccc(-c2ccc(C3(c4ccccc4)C=Cc4c(ccc5cc(N(c6ccccc6)c6ccccc6)ccc45)O3)cc2)cc1.[C-]#[N+]CC(=O)O. The van der Waals surface area contributed by atoms with Crippen molar-refractivity contribution < 1.29 is 34.1 Å². The molecular weight excluding hydrogens is 1300 g/mol. The van der Waals surface area contributed by atoms with Crippen LogP contribution >= 0.6 is 0 Å². The van der Waals surface area contributed by atoms with E-state index in [9.17, 15) is 19.5 Å². The van der Waals surface area contributed by atoms with Crippen LogP contribution in [0.5, 0.6) is 11.5 Å². The van der Waals surface area contributed by atoms with Gasteiger partial charge in [-0.2, -0.15) is 5.26 Å². The number of nitrogens with zero attached hydrogens (tertiary/aromatic N) is 4. The molecule has 14 aromatic carbocycles. The smallest absolute Gasteiger partial charge is 0.384 e. The fourth-order valence-electron chi connectivity index (χ4n) is 13.5. The minimum atomic E-state index is -1.24. The standard InChI is InChI=1S/C47H32N2O3.C44H31NO2.C3H3NO2/c48-32-37(46(50)51)30-33-16-18-34(19-17-33)35-20-23-39(24-21-35)47(38-10-4-1-5-11-38)29-28-44-43-26-25-42(31-36(43)22-27-45(44)52-47)49(40-12-6-2-7-13-40)41-14-8-3-9-15-41;46-31-32-16-18-33(19-17-32)34-20-23-37(24-21-34)44(36-10-4-1-5-11-36)29-28-42-41-26-25-40(30-35(41)22-27-43(42)47-44)45(38-12-6-2-7-13-38)39-14-8-3-9-15-39;1-4-2-3(5)6/h1-31H,(H,50,51);1-31H;2H2,(H,5,6)/b37-30-;;. The van der Waals surface area contributed by atoms with Gasteiger partial charge in [0.1, 0.15) is 29.4 Å². The maximum absolute atomic E-state index is 11.3. The molecule has 11 nitrogen and oxygen atoms in total. The zero-order valence-electron chi connectivity index (χ0n) is 56.7. The number of benzene rings is 14. The molecule has 504 valence electrons. The average Bonchev–Trinajstić information content (AvgIpc) is 0.744. The summed E-state index contributed by atoms with van der Waals surface area (Å²) in [5, 5.41) is 30.5. The van der Waals surface area contributed by atoms with Gasteiger partial charge >= 0.3 is 18.5 Å². The molecule has 0 saturated heterocycles. The largest absolute Gasteiger partial charge is 0.477 e. The molecule has 16 rings (SSSR count). The molecule has 2 atom stereocenters. The number of aliphatic carboxylic acids is 2. The number of ether oxygens (including phenoxy) is 2. The molecule has 14 aromatic rings. The first-order valence-electron chi connectivity index (χ1n) is 34.1. The number of carbonyl (C=O) groups is 3. The maximum Gasteiger partial charge on any atom is 0.384 e. The molecule has 0 amide bonds. The van der Waals surface area contributed by atoms with Crippen molar-refractivity contribution >= 4 is 92.1 Å². The van der Waals surface area contributed by atoms with Crippen molar-refractivity contribution in [2.75, 3.05) is 16.3 Å². The summed E-state index contributed by atoms with van der Waals surface area (Å²) in [4.78, 5) is 38.9. The minimum Gasteiger partial charge on any atom is -0.477 e. The summed E-state index contributed by atoms with van der Waals surface area (Å²) in [7, 11) is 0. The number of hydrogen-bond acceptors (Lipinski definition) is 8. The van der Waals surface area contributed by atoms with E-state index in [2.05, 4.69) is 282 Å². The fraction of sp³-hybridized carbons (Fsp3) is 0.0319. The Labute approximate surface area is 608 Å². The van der Waals surface area contributed by atoms with Crippen LogP contribution in [0.4, 0.5) is 34.1 Å². The van der Waals surface area contributed by atoms with E-state index < -0.39 is 29.7 Å². The van der Waals surface area contributed by atoms with Gasteiger partial charge < -0.3 is 34.3 Å². The summed E-state index contributed by atoms with van der Waals surface area (Å²) in [6.45, 7) is 5.56. The number of carboxylic acid groups (broad SMARTS) is 2. The molecule has 0 aromatic heterocycles. The molecule has 2 unspecified atom stereocenters. The molecule has 0 bridgehead atoms. The van der Waals surface area contributed by atoms with Crippen molar-refractivity contribution in [1.82, 2.24) is 0 Å². The van der Waals surface area contributed by atoms with Crippen LogP contribution in [-0.4, -0.2) is 35.0 Å². The van der Waals surface area contributed by atoms with Gasteiger partial charge in [0, 0.05) is 73.1 Å². The first-order chi connectivity index (χ1) is 51.5. The first-order valence-corrected chi connectivity index (χ1v) is 34.1. The van der Waals surface area contributed by atoms with Crippen molar-refractivity contribution in [2.24, 2.45) is 0 Å². The number of hydrogen-bond donors (Lipinski definition) is 2. The van der Waals surface area contributed by atoms with Gasteiger partial charge in [-0.1, -0.05) is 255 Å². The van der Waals surface area contributed by atoms with E-state index >= 15 is 0 Å². The van der Waals surface area contributed by atoms with Crippen LogP contribution in [-0.2, 0) is 20.8 Å². The van der Waals surface area contributed by atoms with Gasteiger partial charge in [0.05, 0.1) is 0 Å². The lowest BCUT2D eigenvalue weighted by molar-refractivity contribution is -0.135. The van der Waals surface area contributed by atoms with E-state index in [4.69, 9.17) is 26.4 Å². The van der Waals surface area contributed by atoms with Crippen LogP contribution in [0, 0.1) is 17.9 Å². The Kier molecular flexibility index (Phi) is 19.8. The van der Waals surface area contributed by atoms with Gasteiger partial charge in [0.25, 0.3) is 0 Å². The van der Waals surface area contributed by atoms with Crippen molar-refractivity contribution in [3.63, 3.8) is 0 Å². The third-order valence-electron chi connectivity index (χ3n) is 18.6. The van der Waals surface area contributed by atoms with E-state index in [1.54, 1.807) is 6.07 Å². The Hall–Kier alpha value is -14.4. The second-order valence-electron chi connectivity index (χ2n) is 25.1. The van der Waals surface area contributed by atoms with Crippen molar-refractivity contribution in [2.45, 2.75) is 11.2 Å². The van der Waals surface area contributed by atoms with Crippen LogP contribution in [0.15, 0.2) is 357 Å². The van der Waals surface area contributed by atoms with Gasteiger partial charge in [-0.25, -0.2) is 16.2 Å². The highest BCUT2D eigenvalue weighted by Crippen LogP contribution is 2.48. The summed E-state index contributed by atoms with van der Waals surface area (Å²) >= 11 is 0. The van der Waals surface area contributed by atoms with E-state index in [0.29, 0.717) is 11.1 Å². The van der Waals surface area contributed by atoms with Crippen LogP contribution in [0.25, 0.3) is 66.9 Å². The molecule has 0 fully saturated rings. The Balaban J connectivity index is 0.000000165. The van der Waals surface area contributed by atoms with Gasteiger partial charge in [-0.15, -0.1) is 0 Å². The number of aldehydes is 1. The second-order valence-corrected chi connectivity index (χ2v) is 25.1. The van der Waals surface area contributed by atoms with Crippen molar-refractivity contribution in [3.8, 4) is 39.8 Å². The zero-order valence-corrected chi connectivity index (χ0v) is 56.7. The molecule has 105 heavy (non-hydrogen) atoms. The number of para-hydroxylation sites is 4. The van der Waals surface area contributed by atoms with Gasteiger partial charge in [-0.3, -0.25) is 4.79 Å². The van der Waals surface area contributed by atoms with Crippen LogP contribution in [0.1, 0.15) is 49.3 Å². The highest BCUT2D eigenvalue weighted by Gasteiger charge is 2.39. The Morgan fingerprint density at radius 3 is 1.06 bits per heavy atom. The molecule has 0 saturated carbocycles. The summed E-state index contributed by atoms with van der Waals surface area (Å²) in [5.74, 6) is -0.661. The number of rotatable bonds is 16. The Morgan fingerprint density at radius 1 is 0.410 bits per heavy atom. The second kappa shape index (κ2) is 30.6. The molecule has 11 heteroatoms. The van der Waals surface area contributed by atoms with Gasteiger partial charge in [-0.05, 0) is 165 Å². The number of carboxylic acids is 2. The number of nitriles is 1. The molecule has 2 heterocycles. The molecule has 0 radical (unpaired) electrons. The molecule has 2 aliphatic heterocycles.